The number of carbonyl (C=O) groups is 2. The normalized spacial score (nSPS) is 10.3. The van der Waals surface area contributed by atoms with Crippen molar-refractivity contribution in [3.05, 3.63) is 71.5 Å². The molecule has 0 saturated heterocycles. The van der Waals surface area contributed by atoms with Crippen LogP contribution < -0.4 is 15.4 Å². The number of carbonyl (C=O) groups excluding carboxylic acids is 2. The molecule has 0 saturated carbocycles. The lowest BCUT2D eigenvalue weighted by Crippen LogP contribution is -2.15. The Balaban J connectivity index is 1.73. The molecule has 3 rings (SSSR count). The quantitative estimate of drug-likeness (QED) is 0.582. The first-order valence-corrected chi connectivity index (χ1v) is 9.22. The van der Waals surface area contributed by atoms with Gasteiger partial charge in [-0.15, -0.1) is 0 Å². The van der Waals surface area contributed by atoms with Gasteiger partial charge in [-0.2, -0.15) is 0 Å². The number of benzene rings is 2. The minimum Gasteiger partial charge on any atom is -0.494 e. The summed E-state index contributed by atoms with van der Waals surface area (Å²) in [6.07, 6.45) is 0. The second-order valence-electron chi connectivity index (χ2n) is 6.39. The van der Waals surface area contributed by atoms with Gasteiger partial charge in [0.2, 0.25) is 5.95 Å². The molecule has 148 valence electrons. The highest BCUT2D eigenvalue weighted by Gasteiger charge is 2.12. The monoisotopic (exact) mass is 390 g/mol. The molecule has 1 amide bonds. The molecule has 2 N–H and O–H groups in total. The van der Waals surface area contributed by atoms with Crippen molar-refractivity contribution >= 4 is 29.0 Å². The fraction of sp³-hybridized carbons (Fsp3) is 0.182. The van der Waals surface area contributed by atoms with Crippen LogP contribution in [0.15, 0.2) is 54.6 Å². The largest absolute Gasteiger partial charge is 0.494 e. The van der Waals surface area contributed by atoms with E-state index in [1.807, 2.05) is 6.92 Å². The molecule has 0 atom stereocenters. The lowest BCUT2D eigenvalue weighted by atomic mass is 10.1. The van der Waals surface area contributed by atoms with Gasteiger partial charge in [0.05, 0.1) is 6.61 Å². The number of nitrogens with zero attached hydrogens (tertiary/aromatic N) is 2. The van der Waals surface area contributed by atoms with E-state index in [2.05, 4.69) is 20.6 Å². The third-order valence-corrected chi connectivity index (χ3v) is 4.06. The van der Waals surface area contributed by atoms with Crippen LogP contribution in [-0.2, 0) is 0 Å². The molecule has 7 heteroatoms. The lowest BCUT2D eigenvalue weighted by Gasteiger charge is -2.10. The molecule has 0 aliphatic heterocycles. The van der Waals surface area contributed by atoms with Crippen molar-refractivity contribution in [2.24, 2.45) is 0 Å². The number of hydrogen-bond donors (Lipinski definition) is 2. The van der Waals surface area contributed by atoms with E-state index >= 15 is 0 Å². The molecule has 29 heavy (non-hydrogen) atoms. The highest BCUT2D eigenvalue weighted by Crippen LogP contribution is 2.18. The second-order valence-corrected chi connectivity index (χ2v) is 6.39. The van der Waals surface area contributed by atoms with Gasteiger partial charge in [-0.3, -0.25) is 9.59 Å². The van der Waals surface area contributed by atoms with E-state index in [0.29, 0.717) is 29.5 Å². The average molecular weight is 390 g/mol. The Hall–Kier alpha value is -3.74. The first kappa shape index (κ1) is 20.0. The maximum absolute atomic E-state index is 12.6. The van der Waals surface area contributed by atoms with E-state index in [-0.39, 0.29) is 17.4 Å². The standard InChI is InChI=1S/C22H22N4O3/c1-4-29-19-11-9-17(10-12-19)24-21(28)20-13-14(2)23-22(26-20)25-18-7-5-16(6-8-18)15(3)27/h5-13H,4H2,1-3H3,(H,24,28)(H,23,25,26). The molecule has 0 bridgehead atoms. The molecule has 0 fully saturated rings. The smallest absolute Gasteiger partial charge is 0.274 e. The highest BCUT2D eigenvalue weighted by molar-refractivity contribution is 6.03. The maximum Gasteiger partial charge on any atom is 0.274 e. The van der Waals surface area contributed by atoms with Gasteiger partial charge in [-0.1, -0.05) is 0 Å². The van der Waals surface area contributed by atoms with E-state index in [9.17, 15) is 9.59 Å². The van der Waals surface area contributed by atoms with Crippen molar-refractivity contribution in [1.82, 2.24) is 9.97 Å². The molecule has 2 aromatic carbocycles. The maximum atomic E-state index is 12.6. The summed E-state index contributed by atoms with van der Waals surface area (Å²) >= 11 is 0. The summed E-state index contributed by atoms with van der Waals surface area (Å²) in [5, 5.41) is 5.88. The van der Waals surface area contributed by atoms with Crippen molar-refractivity contribution < 1.29 is 14.3 Å². The number of ketones is 1. The summed E-state index contributed by atoms with van der Waals surface area (Å²) < 4.78 is 5.40. The summed E-state index contributed by atoms with van der Waals surface area (Å²) in [6, 6.07) is 15.7. The zero-order valence-electron chi connectivity index (χ0n) is 16.5. The van der Waals surface area contributed by atoms with Crippen LogP contribution in [0.5, 0.6) is 5.75 Å². The van der Waals surface area contributed by atoms with Crippen molar-refractivity contribution in [3.8, 4) is 5.75 Å². The van der Waals surface area contributed by atoms with Gasteiger partial charge in [0.25, 0.3) is 5.91 Å². The van der Waals surface area contributed by atoms with E-state index in [1.54, 1.807) is 61.5 Å². The number of nitrogens with one attached hydrogen (secondary N) is 2. The fourth-order valence-corrected chi connectivity index (χ4v) is 2.65. The van der Waals surface area contributed by atoms with Gasteiger partial charge < -0.3 is 15.4 Å². The van der Waals surface area contributed by atoms with Crippen LogP contribution in [0.2, 0.25) is 0 Å². The highest BCUT2D eigenvalue weighted by atomic mass is 16.5. The Morgan fingerprint density at radius 1 is 0.966 bits per heavy atom. The minimum absolute atomic E-state index is 0.00315. The number of aromatic nitrogens is 2. The molecular formula is C22H22N4O3. The molecule has 0 radical (unpaired) electrons. The van der Waals surface area contributed by atoms with Gasteiger partial charge in [0.15, 0.2) is 5.78 Å². The number of anilines is 3. The number of aryl methyl sites for hydroxylation is 1. The van der Waals surface area contributed by atoms with Gasteiger partial charge in [0.1, 0.15) is 11.4 Å². The average Bonchev–Trinajstić information content (AvgIpc) is 2.69. The predicted molar refractivity (Wildman–Crippen MR) is 112 cm³/mol. The van der Waals surface area contributed by atoms with Crippen LogP contribution in [0.1, 0.15) is 40.4 Å². The van der Waals surface area contributed by atoms with Gasteiger partial charge in [-0.05, 0) is 75.4 Å². The van der Waals surface area contributed by atoms with Gasteiger partial charge in [0, 0.05) is 22.6 Å². The number of amides is 1. The molecule has 1 heterocycles. The summed E-state index contributed by atoms with van der Waals surface area (Å²) in [5.41, 5.74) is 2.88. The Bertz CT molecular complexity index is 1020. The van der Waals surface area contributed by atoms with Crippen LogP contribution in [0.4, 0.5) is 17.3 Å². The summed E-state index contributed by atoms with van der Waals surface area (Å²) in [5.74, 6) is 0.703. The van der Waals surface area contributed by atoms with Crippen LogP contribution in [0.3, 0.4) is 0 Å². The third kappa shape index (κ3) is 5.38. The SMILES string of the molecule is CCOc1ccc(NC(=O)c2cc(C)nc(Nc3ccc(C(C)=O)cc3)n2)cc1. The molecule has 3 aromatic rings. The van der Waals surface area contributed by atoms with Crippen LogP contribution in [0.25, 0.3) is 0 Å². The lowest BCUT2D eigenvalue weighted by molar-refractivity contribution is 0.101. The molecule has 1 aromatic heterocycles. The second kappa shape index (κ2) is 8.97. The molecular weight excluding hydrogens is 368 g/mol. The Morgan fingerprint density at radius 2 is 1.62 bits per heavy atom. The summed E-state index contributed by atoms with van der Waals surface area (Å²) in [7, 11) is 0. The first-order valence-electron chi connectivity index (χ1n) is 9.22. The number of rotatable bonds is 7. The zero-order valence-corrected chi connectivity index (χ0v) is 16.5. The summed E-state index contributed by atoms with van der Waals surface area (Å²) in [6.45, 7) is 5.80. The first-order chi connectivity index (χ1) is 13.9. The number of hydrogen-bond acceptors (Lipinski definition) is 6. The van der Waals surface area contributed by atoms with Crippen molar-refractivity contribution in [2.75, 3.05) is 17.2 Å². The van der Waals surface area contributed by atoms with E-state index in [4.69, 9.17) is 4.74 Å². The molecule has 0 unspecified atom stereocenters. The molecule has 7 nitrogen and oxygen atoms in total. The zero-order chi connectivity index (χ0) is 20.8. The van der Waals surface area contributed by atoms with Crippen molar-refractivity contribution in [2.45, 2.75) is 20.8 Å². The Kier molecular flexibility index (Phi) is 6.19. The van der Waals surface area contributed by atoms with Gasteiger partial charge in [-0.25, -0.2) is 9.97 Å². The van der Waals surface area contributed by atoms with Crippen LogP contribution in [0, 0.1) is 6.92 Å². The molecule has 0 aliphatic rings. The van der Waals surface area contributed by atoms with E-state index < -0.39 is 0 Å². The Labute approximate surface area is 169 Å². The van der Waals surface area contributed by atoms with Gasteiger partial charge >= 0.3 is 0 Å². The number of ether oxygens (including phenoxy) is 1. The fourth-order valence-electron chi connectivity index (χ4n) is 2.65. The minimum atomic E-state index is -0.338. The molecule has 0 aliphatic carbocycles. The topological polar surface area (TPSA) is 93.2 Å². The Morgan fingerprint density at radius 3 is 2.24 bits per heavy atom. The third-order valence-electron chi connectivity index (χ3n) is 4.06. The van der Waals surface area contributed by atoms with Crippen molar-refractivity contribution in [3.63, 3.8) is 0 Å². The predicted octanol–water partition coefficient (Wildman–Crippen LogP) is 4.38. The van der Waals surface area contributed by atoms with Crippen LogP contribution in [-0.4, -0.2) is 28.3 Å². The number of Topliss-reactive ketones (excluding diaryl/α,β-unsaturated/α-hetero) is 1. The van der Waals surface area contributed by atoms with Crippen LogP contribution >= 0.6 is 0 Å². The van der Waals surface area contributed by atoms with Crippen molar-refractivity contribution in [1.29, 1.82) is 0 Å². The van der Waals surface area contributed by atoms with E-state index in [0.717, 1.165) is 11.4 Å². The summed E-state index contributed by atoms with van der Waals surface area (Å²) in [4.78, 5) is 32.6. The molecule has 0 spiro atoms. The van der Waals surface area contributed by atoms with E-state index in [1.165, 1.54) is 6.92 Å².